The summed E-state index contributed by atoms with van der Waals surface area (Å²) in [6, 6.07) is 18.6. The lowest BCUT2D eigenvalue weighted by Gasteiger charge is -2.17. The Bertz CT molecular complexity index is 710. The average molecular weight is 337 g/mol. The SMILES string of the molecule is C=C(C)C(=O)C(CCc1ccccc1)NC(=O)OCc1ccccc1. The molecule has 0 saturated heterocycles. The van der Waals surface area contributed by atoms with Crippen molar-refractivity contribution in [1.29, 1.82) is 0 Å². The second kappa shape index (κ2) is 9.42. The molecule has 130 valence electrons. The molecule has 0 heterocycles. The molecule has 1 atom stereocenters. The third-order valence-corrected chi connectivity index (χ3v) is 3.81. The number of aryl methyl sites for hydroxylation is 1. The molecule has 0 aliphatic rings. The summed E-state index contributed by atoms with van der Waals surface area (Å²) in [6.07, 6.45) is 0.580. The van der Waals surface area contributed by atoms with Crippen molar-refractivity contribution in [2.45, 2.75) is 32.4 Å². The normalized spacial score (nSPS) is 11.4. The first-order valence-electron chi connectivity index (χ1n) is 8.27. The number of Topliss-reactive ketones (excluding diaryl/α,β-unsaturated/α-hetero) is 1. The van der Waals surface area contributed by atoms with E-state index in [1.165, 1.54) is 0 Å². The van der Waals surface area contributed by atoms with Crippen LogP contribution in [0.15, 0.2) is 72.8 Å². The molecule has 1 N–H and O–H groups in total. The van der Waals surface area contributed by atoms with E-state index in [0.717, 1.165) is 11.1 Å². The van der Waals surface area contributed by atoms with E-state index in [1.54, 1.807) is 6.92 Å². The van der Waals surface area contributed by atoms with Gasteiger partial charge in [-0.25, -0.2) is 4.79 Å². The molecule has 1 amide bonds. The molecule has 0 aliphatic heterocycles. The lowest BCUT2D eigenvalue weighted by Crippen LogP contribution is -2.41. The van der Waals surface area contributed by atoms with Crippen LogP contribution in [0.2, 0.25) is 0 Å². The average Bonchev–Trinajstić information content (AvgIpc) is 2.64. The van der Waals surface area contributed by atoms with Crippen LogP contribution in [0, 0.1) is 0 Å². The third-order valence-electron chi connectivity index (χ3n) is 3.81. The summed E-state index contributed by atoms with van der Waals surface area (Å²) in [4.78, 5) is 24.4. The van der Waals surface area contributed by atoms with Gasteiger partial charge in [0.15, 0.2) is 5.78 Å². The maximum atomic E-state index is 12.3. The van der Waals surface area contributed by atoms with Gasteiger partial charge in [0.25, 0.3) is 0 Å². The molecule has 0 aliphatic carbocycles. The van der Waals surface area contributed by atoms with Crippen molar-refractivity contribution in [1.82, 2.24) is 5.32 Å². The molecule has 4 nitrogen and oxygen atoms in total. The van der Waals surface area contributed by atoms with E-state index in [2.05, 4.69) is 11.9 Å². The summed E-state index contributed by atoms with van der Waals surface area (Å²) < 4.78 is 5.21. The van der Waals surface area contributed by atoms with Gasteiger partial charge in [-0.05, 0) is 36.5 Å². The highest BCUT2D eigenvalue weighted by molar-refractivity contribution is 5.99. The molecule has 0 bridgehead atoms. The Kier molecular flexibility index (Phi) is 6.96. The standard InChI is InChI=1S/C21H23NO3/c1-16(2)20(23)19(14-13-17-9-5-3-6-10-17)22-21(24)25-15-18-11-7-4-8-12-18/h3-12,19H,1,13-15H2,2H3,(H,22,24). The zero-order valence-electron chi connectivity index (χ0n) is 14.4. The van der Waals surface area contributed by atoms with E-state index >= 15 is 0 Å². The van der Waals surface area contributed by atoms with Crippen LogP contribution in [0.3, 0.4) is 0 Å². The van der Waals surface area contributed by atoms with Gasteiger partial charge in [0.2, 0.25) is 0 Å². The summed E-state index contributed by atoms with van der Waals surface area (Å²) >= 11 is 0. The summed E-state index contributed by atoms with van der Waals surface area (Å²) in [5, 5.41) is 2.67. The van der Waals surface area contributed by atoms with Crippen molar-refractivity contribution in [2.24, 2.45) is 0 Å². The molecular formula is C21H23NO3. The second-order valence-electron chi connectivity index (χ2n) is 5.93. The Morgan fingerprint density at radius 3 is 2.12 bits per heavy atom. The summed E-state index contributed by atoms with van der Waals surface area (Å²) in [5.41, 5.74) is 2.42. The van der Waals surface area contributed by atoms with Gasteiger partial charge in [0.05, 0.1) is 6.04 Å². The molecule has 2 aromatic rings. The van der Waals surface area contributed by atoms with Crippen molar-refractivity contribution in [3.63, 3.8) is 0 Å². The highest BCUT2D eigenvalue weighted by Gasteiger charge is 2.21. The zero-order valence-corrected chi connectivity index (χ0v) is 14.4. The van der Waals surface area contributed by atoms with Crippen LogP contribution in [0.5, 0.6) is 0 Å². The minimum Gasteiger partial charge on any atom is -0.445 e. The lowest BCUT2D eigenvalue weighted by molar-refractivity contribution is -0.117. The number of nitrogens with one attached hydrogen (secondary N) is 1. The van der Waals surface area contributed by atoms with Gasteiger partial charge in [0.1, 0.15) is 6.61 Å². The predicted molar refractivity (Wildman–Crippen MR) is 98.1 cm³/mol. The number of carbonyl (C=O) groups excluding carboxylic acids is 2. The smallest absolute Gasteiger partial charge is 0.408 e. The van der Waals surface area contributed by atoms with Crippen molar-refractivity contribution in [3.8, 4) is 0 Å². The number of hydrogen-bond donors (Lipinski definition) is 1. The molecule has 2 rings (SSSR count). The first-order valence-corrected chi connectivity index (χ1v) is 8.27. The summed E-state index contributed by atoms with van der Waals surface area (Å²) in [5.74, 6) is -0.174. The van der Waals surface area contributed by atoms with E-state index < -0.39 is 12.1 Å². The van der Waals surface area contributed by atoms with E-state index in [9.17, 15) is 9.59 Å². The van der Waals surface area contributed by atoms with Gasteiger partial charge >= 0.3 is 6.09 Å². The lowest BCUT2D eigenvalue weighted by atomic mass is 9.99. The fourth-order valence-corrected chi connectivity index (χ4v) is 2.43. The van der Waals surface area contributed by atoms with Crippen LogP contribution >= 0.6 is 0 Å². The van der Waals surface area contributed by atoms with Gasteiger partial charge < -0.3 is 10.1 Å². The fourth-order valence-electron chi connectivity index (χ4n) is 2.43. The van der Waals surface area contributed by atoms with E-state index in [0.29, 0.717) is 18.4 Å². The number of ketones is 1. The highest BCUT2D eigenvalue weighted by atomic mass is 16.5. The van der Waals surface area contributed by atoms with Crippen molar-refractivity contribution in [3.05, 3.63) is 83.9 Å². The Labute approximate surface area is 148 Å². The minimum atomic E-state index is -0.638. The Balaban J connectivity index is 1.91. The van der Waals surface area contributed by atoms with Crippen LogP contribution in [-0.4, -0.2) is 17.9 Å². The van der Waals surface area contributed by atoms with Crippen molar-refractivity contribution in [2.75, 3.05) is 0 Å². The summed E-state index contributed by atoms with van der Waals surface area (Å²) in [6.45, 7) is 5.50. The van der Waals surface area contributed by atoms with Crippen LogP contribution < -0.4 is 5.32 Å². The maximum Gasteiger partial charge on any atom is 0.408 e. The first-order chi connectivity index (χ1) is 12.1. The Morgan fingerprint density at radius 2 is 1.56 bits per heavy atom. The van der Waals surface area contributed by atoms with Crippen LogP contribution in [0.4, 0.5) is 4.79 Å². The third kappa shape index (κ3) is 6.26. The zero-order chi connectivity index (χ0) is 18.1. The van der Waals surface area contributed by atoms with Crippen LogP contribution in [0.25, 0.3) is 0 Å². The first kappa shape index (κ1) is 18.5. The second-order valence-corrected chi connectivity index (χ2v) is 5.93. The Morgan fingerprint density at radius 1 is 1.00 bits per heavy atom. The molecular weight excluding hydrogens is 314 g/mol. The molecule has 2 aromatic carbocycles. The molecule has 0 saturated carbocycles. The van der Waals surface area contributed by atoms with Crippen LogP contribution in [0.1, 0.15) is 24.5 Å². The number of carbonyl (C=O) groups is 2. The number of hydrogen-bond acceptors (Lipinski definition) is 3. The van der Waals surface area contributed by atoms with Gasteiger partial charge in [-0.2, -0.15) is 0 Å². The monoisotopic (exact) mass is 337 g/mol. The number of rotatable bonds is 8. The molecule has 0 spiro atoms. The predicted octanol–water partition coefficient (Wildman–Crippen LogP) is 4.06. The van der Waals surface area contributed by atoms with Crippen molar-refractivity contribution < 1.29 is 14.3 Å². The van der Waals surface area contributed by atoms with Gasteiger partial charge in [-0.3, -0.25) is 4.79 Å². The molecule has 0 radical (unpaired) electrons. The van der Waals surface area contributed by atoms with E-state index in [1.807, 2.05) is 60.7 Å². The van der Waals surface area contributed by atoms with Gasteiger partial charge in [0, 0.05) is 0 Å². The largest absolute Gasteiger partial charge is 0.445 e. The quantitative estimate of drug-likeness (QED) is 0.739. The highest BCUT2D eigenvalue weighted by Crippen LogP contribution is 2.09. The number of ether oxygens (including phenoxy) is 1. The number of amides is 1. The van der Waals surface area contributed by atoms with Crippen LogP contribution in [-0.2, 0) is 22.6 Å². The fraction of sp³-hybridized carbons (Fsp3) is 0.238. The molecule has 4 heteroatoms. The van der Waals surface area contributed by atoms with E-state index in [4.69, 9.17) is 4.74 Å². The van der Waals surface area contributed by atoms with E-state index in [-0.39, 0.29) is 12.4 Å². The molecule has 0 fully saturated rings. The minimum absolute atomic E-state index is 0.166. The number of benzene rings is 2. The molecule has 25 heavy (non-hydrogen) atoms. The Hall–Kier alpha value is -2.88. The van der Waals surface area contributed by atoms with Gasteiger partial charge in [-0.1, -0.05) is 67.2 Å². The van der Waals surface area contributed by atoms with Crippen molar-refractivity contribution >= 4 is 11.9 Å². The summed E-state index contributed by atoms with van der Waals surface area (Å²) in [7, 11) is 0. The molecule has 1 unspecified atom stereocenters. The topological polar surface area (TPSA) is 55.4 Å². The number of alkyl carbamates (subject to hydrolysis) is 1. The molecule has 0 aromatic heterocycles. The van der Waals surface area contributed by atoms with Gasteiger partial charge in [-0.15, -0.1) is 0 Å². The maximum absolute atomic E-state index is 12.3.